The van der Waals surface area contributed by atoms with Gasteiger partial charge in [0.2, 0.25) is 0 Å². The maximum atomic E-state index is 5.66. The quantitative estimate of drug-likeness (QED) is 0.699. The van der Waals surface area contributed by atoms with Crippen LogP contribution in [0.15, 0.2) is 12.4 Å². The summed E-state index contributed by atoms with van der Waals surface area (Å²) in [7, 11) is 2.04. The van der Waals surface area contributed by atoms with Gasteiger partial charge < -0.3 is 10.3 Å². The first-order valence-electron chi connectivity index (χ1n) is 4.92. The van der Waals surface area contributed by atoms with Crippen LogP contribution in [-0.4, -0.2) is 15.6 Å². The lowest BCUT2D eigenvalue weighted by Crippen LogP contribution is -2.14. The normalized spacial score (nSPS) is 13.2. The molecule has 3 heteroatoms. The molecule has 1 atom stereocenters. The summed E-state index contributed by atoms with van der Waals surface area (Å²) in [6, 6.07) is 0.335. The van der Waals surface area contributed by atoms with Crippen LogP contribution in [0.25, 0.3) is 0 Å². The van der Waals surface area contributed by atoms with E-state index in [0.29, 0.717) is 6.04 Å². The van der Waals surface area contributed by atoms with Crippen LogP contribution in [0, 0.1) is 0 Å². The highest BCUT2D eigenvalue weighted by molar-refractivity contribution is 4.90. The molecule has 0 saturated carbocycles. The minimum atomic E-state index is 0.335. The number of hydrogen-bond acceptors (Lipinski definition) is 2. The molecule has 0 bridgehead atoms. The van der Waals surface area contributed by atoms with Crippen molar-refractivity contribution in [2.24, 2.45) is 12.8 Å². The Kier molecular flexibility index (Phi) is 3.96. The summed E-state index contributed by atoms with van der Waals surface area (Å²) < 4.78 is 2.08. The molecule has 2 N–H and O–H groups in total. The summed E-state index contributed by atoms with van der Waals surface area (Å²) in [6.07, 6.45) is 8.40. The molecule has 1 aromatic heterocycles. The lowest BCUT2D eigenvalue weighted by Gasteiger charge is -2.04. The fraction of sp³-hybridized carbons (Fsp3) is 0.700. The Balaban J connectivity index is 2.17. The van der Waals surface area contributed by atoms with Crippen molar-refractivity contribution in [2.75, 3.05) is 0 Å². The molecule has 0 amide bonds. The van der Waals surface area contributed by atoms with Gasteiger partial charge in [0, 0.05) is 31.9 Å². The Labute approximate surface area is 80.0 Å². The van der Waals surface area contributed by atoms with Crippen LogP contribution in [-0.2, 0) is 13.5 Å². The second kappa shape index (κ2) is 5.02. The predicted molar refractivity (Wildman–Crippen MR) is 54.4 cm³/mol. The molecule has 1 aromatic rings. The minimum absolute atomic E-state index is 0.335. The molecule has 74 valence electrons. The topological polar surface area (TPSA) is 43.8 Å². The third-order valence-electron chi connectivity index (χ3n) is 2.23. The Morgan fingerprint density at radius 1 is 1.54 bits per heavy atom. The SMILES string of the molecule is CC(N)CCCCc1nccn1C. The third kappa shape index (κ3) is 3.59. The largest absolute Gasteiger partial charge is 0.338 e. The van der Waals surface area contributed by atoms with E-state index in [2.05, 4.69) is 16.5 Å². The number of nitrogens with zero attached hydrogens (tertiary/aromatic N) is 2. The van der Waals surface area contributed by atoms with Crippen molar-refractivity contribution in [3.63, 3.8) is 0 Å². The number of hydrogen-bond donors (Lipinski definition) is 1. The van der Waals surface area contributed by atoms with Gasteiger partial charge in [0.1, 0.15) is 5.82 Å². The van der Waals surface area contributed by atoms with Crippen LogP contribution >= 0.6 is 0 Å². The van der Waals surface area contributed by atoms with Gasteiger partial charge in [0.15, 0.2) is 0 Å². The minimum Gasteiger partial charge on any atom is -0.338 e. The summed E-state index contributed by atoms with van der Waals surface area (Å²) in [5.74, 6) is 1.17. The second-order valence-corrected chi connectivity index (χ2v) is 3.68. The molecule has 1 rings (SSSR count). The fourth-order valence-corrected chi connectivity index (χ4v) is 1.39. The van der Waals surface area contributed by atoms with Crippen molar-refractivity contribution in [2.45, 2.75) is 38.6 Å². The van der Waals surface area contributed by atoms with Gasteiger partial charge in [-0.1, -0.05) is 6.42 Å². The molecule has 0 fully saturated rings. The van der Waals surface area contributed by atoms with E-state index in [4.69, 9.17) is 5.73 Å². The van der Waals surface area contributed by atoms with E-state index in [0.717, 1.165) is 12.8 Å². The first-order valence-corrected chi connectivity index (χ1v) is 4.92. The van der Waals surface area contributed by atoms with Crippen molar-refractivity contribution >= 4 is 0 Å². The zero-order chi connectivity index (χ0) is 9.68. The average Bonchev–Trinajstić information content (AvgIpc) is 2.45. The Bertz CT molecular complexity index is 240. The number of aryl methyl sites for hydroxylation is 2. The molecule has 0 saturated heterocycles. The number of rotatable bonds is 5. The Morgan fingerprint density at radius 2 is 2.31 bits per heavy atom. The van der Waals surface area contributed by atoms with E-state index < -0.39 is 0 Å². The van der Waals surface area contributed by atoms with E-state index in [-0.39, 0.29) is 0 Å². The maximum absolute atomic E-state index is 5.66. The van der Waals surface area contributed by atoms with Crippen LogP contribution in [0.5, 0.6) is 0 Å². The van der Waals surface area contributed by atoms with Crippen molar-refractivity contribution in [1.82, 2.24) is 9.55 Å². The molecule has 1 heterocycles. The van der Waals surface area contributed by atoms with Gasteiger partial charge in [-0.25, -0.2) is 4.98 Å². The third-order valence-corrected chi connectivity index (χ3v) is 2.23. The van der Waals surface area contributed by atoms with Crippen molar-refractivity contribution in [3.05, 3.63) is 18.2 Å². The van der Waals surface area contributed by atoms with E-state index in [9.17, 15) is 0 Å². The van der Waals surface area contributed by atoms with Gasteiger partial charge in [-0.2, -0.15) is 0 Å². The summed E-state index contributed by atoms with van der Waals surface area (Å²) in [6.45, 7) is 2.06. The highest BCUT2D eigenvalue weighted by Crippen LogP contribution is 2.04. The molecule has 3 nitrogen and oxygen atoms in total. The van der Waals surface area contributed by atoms with E-state index >= 15 is 0 Å². The highest BCUT2D eigenvalue weighted by Gasteiger charge is 1.99. The van der Waals surface area contributed by atoms with E-state index in [1.165, 1.54) is 18.7 Å². The summed E-state index contributed by atoms with van der Waals surface area (Å²) in [5, 5.41) is 0. The van der Waals surface area contributed by atoms with Gasteiger partial charge in [-0.3, -0.25) is 0 Å². The van der Waals surface area contributed by atoms with Crippen LogP contribution < -0.4 is 5.73 Å². The number of aromatic nitrogens is 2. The fourth-order valence-electron chi connectivity index (χ4n) is 1.39. The molecule has 0 radical (unpaired) electrons. The molecule has 0 aliphatic rings. The van der Waals surface area contributed by atoms with Gasteiger partial charge in [0.05, 0.1) is 0 Å². The molecule has 0 aliphatic carbocycles. The van der Waals surface area contributed by atoms with Crippen LogP contribution in [0.3, 0.4) is 0 Å². The molecule has 13 heavy (non-hydrogen) atoms. The second-order valence-electron chi connectivity index (χ2n) is 3.68. The molecule has 0 spiro atoms. The first-order chi connectivity index (χ1) is 6.20. The maximum Gasteiger partial charge on any atom is 0.108 e. The molecular formula is C10H19N3. The highest BCUT2D eigenvalue weighted by atomic mass is 15.0. The summed E-state index contributed by atoms with van der Waals surface area (Å²) >= 11 is 0. The summed E-state index contributed by atoms with van der Waals surface area (Å²) in [5.41, 5.74) is 5.66. The Morgan fingerprint density at radius 3 is 2.85 bits per heavy atom. The van der Waals surface area contributed by atoms with Crippen LogP contribution in [0.2, 0.25) is 0 Å². The molecule has 0 aliphatic heterocycles. The smallest absolute Gasteiger partial charge is 0.108 e. The lowest BCUT2D eigenvalue weighted by molar-refractivity contribution is 0.585. The van der Waals surface area contributed by atoms with Crippen molar-refractivity contribution in [3.8, 4) is 0 Å². The zero-order valence-electron chi connectivity index (χ0n) is 8.53. The monoisotopic (exact) mass is 181 g/mol. The van der Waals surface area contributed by atoms with E-state index in [1.54, 1.807) is 0 Å². The molecular weight excluding hydrogens is 162 g/mol. The van der Waals surface area contributed by atoms with Crippen LogP contribution in [0.4, 0.5) is 0 Å². The summed E-state index contributed by atoms with van der Waals surface area (Å²) in [4.78, 5) is 4.26. The standard InChI is InChI=1S/C10H19N3/c1-9(11)5-3-4-6-10-12-7-8-13(10)2/h7-9H,3-6,11H2,1-2H3. The van der Waals surface area contributed by atoms with Crippen LogP contribution in [0.1, 0.15) is 32.0 Å². The van der Waals surface area contributed by atoms with Gasteiger partial charge in [0.25, 0.3) is 0 Å². The van der Waals surface area contributed by atoms with Crippen molar-refractivity contribution in [1.29, 1.82) is 0 Å². The molecule has 0 aromatic carbocycles. The van der Waals surface area contributed by atoms with Gasteiger partial charge >= 0.3 is 0 Å². The predicted octanol–water partition coefficient (Wildman–Crippen LogP) is 1.48. The first kappa shape index (κ1) is 10.3. The van der Waals surface area contributed by atoms with E-state index in [1.807, 2.05) is 19.4 Å². The Hall–Kier alpha value is -0.830. The molecule has 1 unspecified atom stereocenters. The van der Waals surface area contributed by atoms with Crippen molar-refractivity contribution < 1.29 is 0 Å². The number of unbranched alkanes of at least 4 members (excludes halogenated alkanes) is 1. The number of nitrogens with two attached hydrogens (primary N) is 1. The zero-order valence-corrected chi connectivity index (χ0v) is 8.53. The van der Waals surface area contributed by atoms with Gasteiger partial charge in [-0.05, 0) is 19.8 Å². The average molecular weight is 181 g/mol. The number of imidazole rings is 1. The van der Waals surface area contributed by atoms with Gasteiger partial charge in [-0.15, -0.1) is 0 Å². The lowest BCUT2D eigenvalue weighted by atomic mass is 10.1.